The molecule has 0 spiro atoms. The summed E-state index contributed by atoms with van der Waals surface area (Å²) in [5, 5.41) is 2.03. The summed E-state index contributed by atoms with van der Waals surface area (Å²) in [6.07, 6.45) is 4.23. The number of primary amides is 1. The predicted octanol–water partition coefficient (Wildman–Crippen LogP) is 1.58. The van der Waals surface area contributed by atoms with Crippen molar-refractivity contribution in [2.75, 3.05) is 0 Å². The fourth-order valence-corrected chi connectivity index (χ4v) is 2.24. The molecule has 16 heavy (non-hydrogen) atoms. The van der Waals surface area contributed by atoms with Gasteiger partial charge in [-0.1, -0.05) is 6.07 Å². The molecule has 0 aliphatic carbocycles. The highest BCUT2D eigenvalue weighted by molar-refractivity contribution is 7.09. The van der Waals surface area contributed by atoms with E-state index in [4.69, 9.17) is 5.73 Å². The summed E-state index contributed by atoms with van der Waals surface area (Å²) in [7, 11) is 0. The van der Waals surface area contributed by atoms with E-state index in [9.17, 15) is 4.79 Å². The molecule has 1 atom stereocenters. The van der Waals surface area contributed by atoms with Crippen LogP contribution in [0, 0.1) is 0 Å². The number of carbonyl (C=O) groups is 1. The Morgan fingerprint density at radius 2 is 2.50 bits per heavy atom. The molecule has 2 N–H and O–H groups in total. The van der Waals surface area contributed by atoms with Gasteiger partial charge in [-0.25, -0.2) is 4.98 Å². The maximum atomic E-state index is 11.1. The first kappa shape index (κ1) is 10.9. The Labute approximate surface area is 97.7 Å². The third-order valence-corrected chi connectivity index (χ3v) is 3.37. The summed E-state index contributed by atoms with van der Waals surface area (Å²) in [6, 6.07) is 3.71. The molecule has 2 heterocycles. The monoisotopic (exact) mass is 235 g/mol. The van der Waals surface area contributed by atoms with Gasteiger partial charge in [0, 0.05) is 23.7 Å². The van der Waals surface area contributed by atoms with Crippen LogP contribution >= 0.6 is 11.3 Å². The van der Waals surface area contributed by atoms with Crippen LogP contribution in [0.2, 0.25) is 0 Å². The van der Waals surface area contributed by atoms with Crippen molar-refractivity contribution < 1.29 is 4.79 Å². The Morgan fingerprint density at radius 1 is 1.69 bits per heavy atom. The summed E-state index contributed by atoms with van der Waals surface area (Å²) in [5.41, 5.74) is 5.28. The van der Waals surface area contributed by atoms with Gasteiger partial charge in [0.2, 0.25) is 5.91 Å². The van der Waals surface area contributed by atoms with E-state index < -0.39 is 0 Å². The van der Waals surface area contributed by atoms with Crippen molar-refractivity contribution in [1.29, 1.82) is 0 Å². The van der Waals surface area contributed by atoms with Crippen LogP contribution in [0.3, 0.4) is 0 Å². The first-order valence-electron chi connectivity index (χ1n) is 5.02. The van der Waals surface area contributed by atoms with E-state index in [-0.39, 0.29) is 11.9 Å². The number of thiophene rings is 1. The zero-order valence-corrected chi connectivity index (χ0v) is 9.78. The van der Waals surface area contributed by atoms with Gasteiger partial charge in [0.1, 0.15) is 11.9 Å². The highest BCUT2D eigenvalue weighted by atomic mass is 32.1. The number of nitrogens with zero attached hydrogens (tertiary/aromatic N) is 2. The molecule has 0 radical (unpaired) electrons. The summed E-state index contributed by atoms with van der Waals surface area (Å²) < 4.78 is 1.82. The van der Waals surface area contributed by atoms with Crippen LogP contribution in [0.4, 0.5) is 0 Å². The number of hydrogen-bond acceptors (Lipinski definition) is 3. The molecule has 1 unspecified atom stereocenters. The Bertz CT molecular complexity index is 475. The third kappa shape index (κ3) is 2.14. The molecule has 0 fully saturated rings. The quantitative estimate of drug-likeness (QED) is 0.874. The molecule has 0 aromatic carbocycles. The van der Waals surface area contributed by atoms with Crippen molar-refractivity contribution in [2.24, 2.45) is 5.73 Å². The molecule has 2 aromatic rings. The summed E-state index contributed by atoms with van der Waals surface area (Å²) >= 11 is 1.68. The van der Waals surface area contributed by atoms with Crippen LogP contribution in [-0.2, 0) is 11.2 Å². The molecule has 1 amide bonds. The Balaban J connectivity index is 2.22. The molecule has 0 aliphatic rings. The number of carbonyl (C=O) groups excluding carboxylic acids is 1. The maximum absolute atomic E-state index is 11.1. The second kappa shape index (κ2) is 4.49. The lowest BCUT2D eigenvalue weighted by Gasteiger charge is -2.12. The fraction of sp³-hybridized carbons (Fsp3) is 0.273. The highest BCUT2D eigenvalue weighted by Gasteiger charge is 2.14. The molecular formula is C11H13N3OS. The van der Waals surface area contributed by atoms with E-state index in [0.717, 1.165) is 12.2 Å². The van der Waals surface area contributed by atoms with Gasteiger partial charge in [0.05, 0.1) is 0 Å². The van der Waals surface area contributed by atoms with Gasteiger partial charge < -0.3 is 10.3 Å². The lowest BCUT2D eigenvalue weighted by Crippen LogP contribution is -2.24. The normalized spacial score (nSPS) is 12.6. The summed E-state index contributed by atoms with van der Waals surface area (Å²) in [4.78, 5) is 16.6. The van der Waals surface area contributed by atoms with E-state index in [1.807, 2.05) is 16.0 Å². The van der Waals surface area contributed by atoms with Gasteiger partial charge in [0.25, 0.3) is 0 Å². The highest BCUT2D eigenvalue weighted by Crippen LogP contribution is 2.16. The number of amides is 1. The van der Waals surface area contributed by atoms with E-state index in [1.54, 1.807) is 30.7 Å². The van der Waals surface area contributed by atoms with Gasteiger partial charge in [0.15, 0.2) is 0 Å². The van der Waals surface area contributed by atoms with Gasteiger partial charge in [-0.3, -0.25) is 4.79 Å². The van der Waals surface area contributed by atoms with E-state index >= 15 is 0 Å². The number of aromatic nitrogens is 2. The van der Waals surface area contributed by atoms with Crippen LogP contribution < -0.4 is 5.73 Å². The zero-order valence-electron chi connectivity index (χ0n) is 8.96. The molecular weight excluding hydrogens is 222 g/mol. The maximum Gasteiger partial charge on any atom is 0.240 e. The van der Waals surface area contributed by atoms with E-state index in [1.165, 1.54) is 4.88 Å². The van der Waals surface area contributed by atoms with Crippen LogP contribution in [-0.4, -0.2) is 15.5 Å². The smallest absolute Gasteiger partial charge is 0.240 e. The van der Waals surface area contributed by atoms with Crippen LogP contribution in [0.25, 0.3) is 0 Å². The van der Waals surface area contributed by atoms with Crippen LogP contribution in [0.5, 0.6) is 0 Å². The van der Waals surface area contributed by atoms with Crippen molar-refractivity contribution in [3.05, 3.63) is 40.6 Å². The largest absolute Gasteiger partial charge is 0.368 e. The number of nitrogens with two attached hydrogens (primary N) is 1. The van der Waals surface area contributed by atoms with Crippen LogP contribution in [0.15, 0.2) is 29.9 Å². The number of imidazole rings is 1. The van der Waals surface area contributed by atoms with Crippen LogP contribution in [0.1, 0.15) is 23.7 Å². The molecule has 2 aromatic heterocycles. The topological polar surface area (TPSA) is 60.9 Å². The minimum absolute atomic E-state index is 0.342. The molecule has 4 nitrogen and oxygen atoms in total. The standard InChI is InChI=1S/C11H13N3OS/c1-8(11(12)15)14-5-4-13-10(14)7-9-3-2-6-16-9/h2-6,8H,7H2,1H3,(H2,12,15). The lowest BCUT2D eigenvalue weighted by atomic mass is 10.3. The molecule has 0 saturated carbocycles. The Morgan fingerprint density at radius 3 is 3.12 bits per heavy atom. The molecule has 0 saturated heterocycles. The average Bonchev–Trinajstić information content (AvgIpc) is 2.88. The number of hydrogen-bond donors (Lipinski definition) is 1. The molecule has 2 rings (SSSR count). The average molecular weight is 235 g/mol. The van der Waals surface area contributed by atoms with Crippen molar-refractivity contribution in [3.63, 3.8) is 0 Å². The zero-order chi connectivity index (χ0) is 11.5. The Hall–Kier alpha value is -1.62. The molecule has 5 heteroatoms. The minimum atomic E-state index is -0.350. The second-order valence-electron chi connectivity index (χ2n) is 3.59. The van der Waals surface area contributed by atoms with E-state index in [2.05, 4.69) is 11.1 Å². The SMILES string of the molecule is CC(C(N)=O)n1ccnc1Cc1cccs1. The van der Waals surface area contributed by atoms with Gasteiger partial charge in [-0.15, -0.1) is 11.3 Å². The van der Waals surface area contributed by atoms with Crippen molar-refractivity contribution >= 4 is 17.2 Å². The van der Waals surface area contributed by atoms with E-state index in [0.29, 0.717) is 0 Å². The first-order chi connectivity index (χ1) is 7.68. The van der Waals surface area contributed by atoms with Crippen molar-refractivity contribution in [2.45, 2.75) is 19.4 Å². The summed E-state index contributed by atoms with van der Waals surface area (Å²) in [6.45, 7) is 1.78. The van der Waals surface area contributed by atoms with Gasteiger partial charge >= 0.3 is 0 Å². The van der Waals surface area contributed by atoms with Crippen molar-refractivity contribution in [1.82, 2.24) is 9.55 Å². The first-order valence-corrected chi connectivity index (χ1v) is 5.90. The third-order valence-electron chi connectivity index (χ3n) is 2.49. The van der Waals surface area contributed by atoms with Gasteiger partial charge in [-0.2, -0.15) is 0 Å². The Kier molecular flexibility index (Phi) is 3.05. The van der Waals surface area contributed by atoms with Crippen molar-refractivity contribution in [3.8, 4) is 0 Å². The lowest BCUT2D eigenvalue weighted by molar-refractivity contribution is -0.120. The second-order valence-corrected chi connectivity index (χ2v) is 4.62. The minimum Gasteiger partial charge on any atom is -0.368 e. The molecule has 0 bridgehead atoms. The van der Waals surface area contributed by atoms with Gasteiger partial charge in [-0.05, 0) is 18.4 Å². The predicted molar refractivity (Wildman–Crippen MR) is 63.3 cm³/mol. The molecule has 84 valence electrons. The fourth-order valence-electron chi connectivity index (χ4n) is 1.54. The molecule has 0 aliphatic heterocycles. The number of rotatable bonds is 4. The summed E-state index contributed by atoms with van der Waals surface area (Å²) in [5.74, 6) is 0.527.